The first-order chi connectivity index (χ1) is 42.6. The molecule has 468 valence electrons. The van der Waals surface area contributed by atoms with Crippen LogP contribution in [0.2, 0.25) is 0 Å². The maximum Gasteiger partial charge on any atom is -0.00255 e. The summed E-state index contributed by atoms with van der Waals surface area (Å²) in [6, 6.07) is 69.7. The third-order valence-corrected chi connectivity index (χ3v) is 20.7. The minimum absolute atomic E-state index is 0.0312. The van der Waals surface area contributed by atoms with E-state index in [1.165, 1.54) is 175 Å². The van der Waals surface area contributed by atoms with Gasteiger partial charge in [-0.3, -0.25) is 0 Å². The third-order valence-electron chi connectivity index (χ3n) is 20.7. The van der Waals surface area contributed by atoms with Gasteiger partial charge < -0.3 is 0 Å². The molecule has 0 bridgehead atoms. The van der Waals surface area contributed by atoms with Gasteiger partial charge in [0.25, 0.3) is 0 Å². The molecule has 0 unspecified atom stereocenters. The van der Waals surface area contributed by atoms with Gasteiger partial charge in [-0.1, -0.05) is 263 Å². The normalized spacial score (nSPS) is 13.7. The molecule has 0 radical (unpaired) electrons. The van der Waals surface area contributed by atoms with E-state index in [9.17, 15) is 0 Å². The molecular formula is C92H100. The molecule has 92 heavy (non-hydrogen) atoms. The molecule has 0 fully saturated rings. The fraction of sp³-hybridized carbons (Fsp3) is 0.348. The average Bonchev–Trinajstić information content (AvgIpc) is 0.700. The van der Waals surface area contributed by atoms with Gasteiger partial charge in [0.2, 0.25) is 0 Å². The summed E-state index contributed by atoms with van der Waals surface area (Å²) in [5, 5.41) is 20.6. The van der Waals surface area contributed by atoms with Crippen LogP contribution in [-0.4, -0.2) is 0 Å². The fourth-order valence-corrected chi connectivity index (χ4v) is 14.5. The summed E-state index contributed by atoms with van der Waals surface area (Å²) in [6.45, 7) is 56.6. The van der Waals surface area contributed by atoms with Gasteiger partial charge in [-0.05, 0) is 291 Å². The van der Waals surface area contributed by atoms with Crippen LogP contribution < -0.4 is 0 Å². The van der Waals surface area contributed by atoms with Gasteiger partial charge in [0.15, 0.2) is 0 Å². The predicted molar refractivity (Wildman–Crippen MR) is 409 cm³/mol. The van der Waals surface area contributed by atoms with Crippen LogP contribution in [0.1, 0.15) is 211 Å². The lowest BCUT2D eigenvalue weighted by atomic mass is 9.78. The Morgan fingerprint density at radius 3 is 0.511 bits per heavy atom. The lowest BCUT2D eigenvalue weighted by Crippen LogP contribution is -2.12. The minimum Gasteiger partial charge on any atom is -0.0579 e. The van der Waals surface area contributed by atoms with Crippen molar-refractivity contribution >= 4 is 86.2 Å². The summed E-state index contributed by atoms with van der Waals surface area (Å²) >= 11 is 0. The van der Waals surface area contributed by atoms with Crippen molar-refractivity contribution in [3.63, 3.8) is 0 Å². The molecular weight excluding hydrogens is 1110 g/mol. The molecule has 0 nitrogen and oxygen atoms in total. The second kappa shape index (κ2) is 20.9. The molecule has 0 heteroatoms. The maximum atomic E-state index is 2.60. The molecule has 13 aromatic rings. The molecule has 0 heterocycles. The number of benzene rings is 13. The Bertz CT molecular complexity index is 4540. The van der Waals surface area contributed by atoms with Crippen LogP contribution in [0.4, 0.5) is 0 Å². The van der Waals surface area contributed by atoms with E-state index in [1.807, 2.05) is 0 Å². The summed E-state index contributed by atoms with van der Waals surface area (Å²) in [5.74, 6) is 0. The summed E-state index contributed by atoms with van der Waals surface area (Å²) in [7, 11) is 0. The van der Waals surface area contributed by atoms with E-state index in [-0.39, 0.29) is 43.3 Å². The highest BCUT2D eigenvalue weighted by atomic mass is 14.3. The van der Waals surface area contributed by atoms with Crippen molar-refractivity contribution in [1.82, 2.24) is 0 Å². The third kappa shape index (κ3) is 11.2. The number of fused-ring (bicyclic) bond motifs is 6. The SMILES string of the molecule is CC(C)(C)c1cc(-c2cc3cc(-c4cc(C(C)(C)C)cc5ccc(C(C)(C)C)cc45)cc4c5cc(-c6cc(C(C)(C)C)cc7ccc(C(C)(C)C)cc67)cc6cc(-c7cc(C(C)(C)C)cc8ccc(C(C)(C)C)cc78)cc(c(c2)c34)c65)c2cc(C(C)(C)C)ccc2c1. The molecule has 0 saturated carbocycles. The Kier molecular flexibility index (Phi) is 14.3. The van der Waals surface area contributed by atoms with Gasteiger partial charge in [0.1, 0.15) is 0 Å². The van der Waals surface area contributed by atoms with E-state index in [0.29, 0.717) is 0 Å². The zero-order chi connectivity index (χ0) is 66.3. The van der Waals surface area contributed by atoms with Crippen molar-refractivity contribution in [3.8, 4) is 44.5 Å². The summed E-state index contributed by atoms with van der Waals surface area (Å²) in [4.78, 5) is 0. The fourth-order valence-electron chi connectivity index (χ4n) is 14.5. The smallest absolute Gasteiger partial charge is 0.00255 e. The molecule has 0 N–H and O–H groups in total. The van der Waals surface area contributed by atoms with Crippen LogP contribution in [-0.2, 0) is 43.3 Å². The van der Waals surface area contributed by atoms with Crippen LogP contribution in [0.3, 0.4) is 0 Å². The van der Waals surface area contributed by atoms with Crippen molar-refractivity contribution in [2.24, 2.45) is 0 Å². The molecule has 0 aromatic heterocycles. The van der Waals surface area contributed by atoms with Gasteiger partial charge in [-0.15, -0.1) is 0 Å². The first kappa shape index (κ1) is 63.0. The molecule has 0 aliphatic heterocycles. The highest BCUT2D eigenvalue weighted by Gasteiger charge is 2.28. The van der Waals surface area contributed by atoms with Crippen molar-refractivity contribution in [1.29, 1.82) is 0 Å². The molecule has 0 aliphatic rings. The zero-order valence-corrected chi connectivity index (χ0v) is 60.2. The lowest BCUT2D eigenvalue weighted by molar-refractivity contribution is 0.589. The second-order valence-electron chi connectivity index (χ2n) is 36.1. The minimum atomic E-state index is -0.0808. The predicted octanol–water partition coefficient (Wildman–Crippen LogP) is 27.4. The Balaban J connectivity index is 1.27. The molecule has 0 saturated heterocycles. The van der Waals surface area contributed by atoms with E-state index < -0.39 is 0 Å². The van der Waals surface area contributed by atoms with Gasteiger partial charge >= 0.3 is 0 Å². The van der Waals surface area contributed by atoms with Crippen LogP contribution in [0.5, 0.6) is 0 Å². The Labute approximate surface area is 551 Å². The largest absolute Gasteiger partial charge is 0.0579 e. The Hall–Kier alpha value is -7.80. The average molecular weight is 1210 g/mol. The summed E-state index contributed by atoms with van der Waals surface area (Å²) in [6.07, 6.45) is 0. The van der Waals surface area contributed by atoms with Crippen molar-refractivity contribution < 1.29 is 0 Å². The first-order valence-corrected chi connectivity index (χ1v) is 34.2. The quantitative estimate of drug-likeness (QED) is 0.122. The standard InChI is InChI=1S/C92H100/c1-85(2,3)63-29-25-53-37-67(89(13,14)15)49-75(71(53)45-63)57-33-61-34-58(76-50-68(90(16,17)18)38-54-26-30-64(46-72(54)76)86(4,5)6)43-81-82-44-60(78-52-70(92(22,23)24)40-56-28-32-66(48-74(56)78)88(10,11)12)36-62-35-59(42-80(84(62)82)79(41-57)83(61)81)77-51-69(91(19,20)21)39-55-27-31-65(47-73(55)77)87(7,8)9/h25-52H,1-24H3. The van der Waals surface area contributed by atoms with Crippen molar-refractivity contribution in [2.75, 3.05) is 0 Å². The highest BCUT2D eigenvalue weighted by molar-refractivity contribution is 6.35. The van der Waals surface area contributed by atoms with Crippen LogP contribution >= 0.6 is 0 Å². The van der Waals surface area contributed by atoms with Crippen molar-refractivity contribution in [2.45, 2.75) is 209 Å². The van der Waals surface area contributed by atoms with Gasteiger partial charge in [-0.25, -0.2) is 0 Å². The molecule has 0 amide bonds. The monoisotopic (exact) mass is 1200 g/mol. The van der Waals surface area contributed by atoms with Crippen LogP contribution in [0, 0.1) is 0 Å². The Morgan fingerprint density at radius 1 is 0.152 bits per heavy atom. The van der Waals surface area contributed by atoms with E-state index in [0.717, 1.165) is 0 Å². The number of hydrogen-bond donors (Lipinski definition) is 0. The first-order valence-electron chi connectivity index (χ1n) is 34.2. The zero-order valence-electron chi connectivity index (χ0n) is 60.2. The maximum absolute atomic E-state index is 2.60. The number of rotatable bonds is 4. The molecule has 13 aromatic carbocycles. The van der Waals surface area contributed by atoms with E-state index >= 15 is 0 Å². The van der Waals surface area contributed by atoms with Crippen LogP contribution in [0.25, 0.3) is 131 Å². The van der Waals surface area contributed by atoms with Crippen molar-refractivity contribution in [3.05, 3.63) is 214 Å². The van der Waals surface area contributed by atoms with Crippen LogP contribution in [0.15, 0.2) is 170 Å². The summed E-state index contributed by atoms with van der Waals surface area (Å²) in [5.41, 5.74) is 20.4. The summed E-state index contributed by atoms with van der Waals surface area (Å²) < 4.78 is 0. The topological polar surface area (TPSA) is 0 Å². The van der Waals surface area contributed by atoms with E-state index in [2.05, 4.69) is 336 Å². The van der Waals surface area contributed by atoms with E-state index in [1.54, 1.807) is 0 Å². The molecule has 0 atom stereocenters. The lowest BCUT2D eigenvalue weighted by Gasteiger charge is -2.26. The molecule has 0 aliphatic carbocycles. The molecule has 13 rings (SSSR count). The highest BCUT2D eigenvalue weighted by Crippen LogP contribution is 2.51. The second-order valence-corrected chi connectivity index (χ2v) is 36.1. The molecule has 0 spiro atoms. The number of hydrogen-bond acceptors (Lipinski definition) is 0. The van der Waals surface area contributed by atoms with Gasteiger partial charge in [0.05, 0.1) is 0 Å². The van der Waals surface area contributed by atoms with Gasteiger partial charge in [0, 0.05) is 0 Å². The Morgan fingerprint density at radius 2 is 0.337 bits per heavy atom. The van der Waals surface area contributed by atoms with E-state index in [4.69, 9.17) is 0 Å². The van der Waals surface area contributed by atoms with Gasteiger partial charge in [-0.2, -0.15) is 0 Å².